The molecular weight excluding hydrogens is 468 g/mol. The van der Waals surface area contributed by atoms with Crippen molar-refractivity contribution in [3.8, 4) is 0 Å². The van der Waals surface area contributed by atoms with Crippen molar-refractivity contribution < 1.29 is 24.6 Å². The summed E-state index contributed by atoms with van der Waals surface area (Å²) in [4.78, 5) is 56.8. The molecule has 10 nitrogen and oxygen atoms in total. The summed E-state index contributed by atoms with van der Waals surface area (Å²) in [5.41, 5.74) is 5.58. The van der Waals surface area contributed by atoms with Crippen LogP contribution in [0.15, 0.2) is 38.9 Å². The summed E-state index contributed by atoms with van der Waals surface area (Å²) in [6.07, 6.45) is -0.597. The van der Waals surface area contributed by atoms with Crippen LogP contribution in [0.5, 0.6) is 0 Å². The number of nitrogens with one attached hydrogen (secondary N) is 2. The Morgan fingerprint density at radius 3 is 2.45 bits per heavy atom. The van der Waals surface area contributed by atoms with Crippen LogP contribution in [0.25, 0.3) is 10.2 Å². The van der Waals surface area contributed by atoms with E-state index in [2.05, 4.69) is 15.3 Å². The SMILES string of the molecule is CC(C)c1sc2nc(N)[nH]c(=O)c2c1Sc1ccc(C(=O)NC(CCC(=O)O)C(=O)O)cc1. The Hall–Kier alpha value is -3.38. The Kier molecular flexibility index (Phi) is 7.39. The summed E-state index contributed by atoms with van der Waals surface area (Å²) < 4.78 is 0. The fourth-order valence-electron chi connectivity index (χ4n) is 3.06. The third-order valence-corrected chi connectivity index (χ3v) is 7.32. The number of aliphatic carboxylic acids is 2. The van der Waals surface area contributed by atoms with Crippen molar-refractivity contribution in [3.05, 3.63) is 45.1 Å². The Balaban J connectivity index is 1.82. The standard InChI is InChI=1S/C21H22N4O6S2/c1-9(2)15-16(14-18(29)24-21(22)25-19(14)33-15)32-11-5-3-10(4-6-11)17(28)23-12(20(30)31)7-8-13(26)27/h3-6,9,12H,7-8H2,1-2H3,(H,23,28)(H,26,27)(H,30,31)(H3,22,24,25,29). The molecule has 2 aromatic heterocycles. The molecule has 0 bridgehead atoms. The van der Waals surface area contributed by atoms with E-state index in [9.17, 15) is 24.3 Å². The number of aromatic amines is 1. The van der Waals surface area contributed by atoms with Crippen molar-refractivity contribution in [2.45, 2.75) is 48.4 Å². The smallest absolute Gasteiger partial charge is 0.326 e. The van der Waals surface area contributed by atoms with Gasteiger partial charge in [-0.3, -0.25) is 19.4 Å². The normalized spacial score (nSPS) is 12.1. The molecule has 174 valence electrons. The van der Waals surface area contributed by atoms with E-state index in [4.69, 9.17) is 10.8 Å². The highest BCUT2D eigenvalue weighted by Gasteiger charge is 2.23. The van der Waals surface area contributed by atoms with E-state index in [1.165, 1.54) is 35.2 Å². The van der Waals surface area contributed by atoms with Crippen LogP contribution in [0.1, 0.15) is 47.8 Å². The van der Waals surface area contributed by atoms with Crippen molar-refractivity contribution >= 4 is 57.1 Å². The van der Waals surface area contributed by atoms with Crippen LogP contribution >= 0.6 is 23.1 Å². The molecule has 12 heteroatoms. The molecular formula is C21H22N4O6S2. The highest BCUT2D eigenvalue weighted by atomic mass is 32.2. The summed E-state index contributed by atoms with van der Waals surface area (Å²) in [7, 11) is 0. The van der Waals surface area contributed by atoms with Gasteiger partial charge in [-0.15, -0.1) is 11.3 Å². The maximum atomic E-state index is 12.5. The van der Waals surface area contributed by atoms with Gasteiger partial charge in [0.1, 0.15) is 10.9 Å². The number of carboxylic acid groups (broad SMARTS) is 2. The Morgan fingerprint density at radius 1 is 1.21 bits per heavy atom. The minimum atomic E-state index is -1.31. The quantitative estimate of drug-likeness (QED) is 0.302. The van der Waals surface area contributed by atoms with Crippen molar-refractivity contribution in [3.63, 3.8) is 0 Å². The minimum Gasteiger partial charge on any atom is -0.481 e. The number of rotatable bonds is 9. The molecule has 33 heavy (non-hydrogen) atoms. The zero-order valence-electron chi connectivity index (χ0n) is 17.7. The van der Waals surface area contributed by atoms with Crippen molar-refractivity contribution in [2.75, 3.05) is 5.73 Å². The topological polar surface area (TPSA) is 175 Å². The molecule has 0 aliphatic rings. The highest BCUT2D eigenvalue weighted by Crippen LogP contribution is 2.42. The van der Waals surface area contributed by atoms with Gasteiger partial charge < -0.3 is 21.3 Å². The van der Waals surface area contributed by atoms with Crippen LogP contribution in [0.2, 0.25) is 0 Å². The molecule has 0 aliphatic carbocycles. The second-order valence-corrected chi connectivity index (χ2v) is 9.62. The summed E-state index contributed by atoms with van der Waals surface area (Å²) in [6, 6.07) is 5.16. The van der Waals surface area contributed by atoms with Gasteiger partial charge in [-0.2, -0.15) is 0 Å². The maximum absolute atomic E-state index is 12.5. The Labute approximate surface area is 196 Å². The Morgan fingerprint density at radius 2 is 1.88 bits per heavy atom. The van der Waals surface area contributed by atoms with Gasteiger partial charge in [0.25, 0.3) is 11.5 Å². The van der Waals surface area contributed by atoms with Crippen LogP contribution in [-0.4, -0.2) is 44.1 Å². The Bertz CT molecular complexity index is 1270. The molecule has 1 amide bonds. The van der Waals surface area contributed by atoms with Crippen molar-refractivity contribution in [2.24, 2.45) is 0 Å². The number of carboxylic acids is 2. The van der Waals surface area contributed by atoms with Gasteiger partial charge in [-0.25, -0.2) is 9.78 Å². The zero-order valence-corrected chi connectivity index (χ0v) is 19.4. The molecule has 0 saturated heterocycles. The number of benzene rings is 1. The first-order valence-electron chi connectivity index (χ1n) is 9.92. The van der Waals surface area contributed by atoms with Crippen LogP contribution < -0.4 is 16.6 Å². The predicted molar refractivity (Wildman–Crippen MR) is 125 cm³/mol. The number of fused-ring (bicyclic) bond motifs is 1. The molecule has 3 aromatic rings. The highest BCUT2D eigenvalue weighted by molar-refractivity contribution is 7.99. The number of aromatic nitrogens is 2. The maximum Gasteiger partial charge on any atom is 0.326 e. The number of nitrogen functional groups attached to an aromatic ring is 1. The van der Waals surface area contributed by atoms with Crippen molar-refractivity contribution in [1.29, 1.82) is 0 Å². The van der Waals surface area contributed by atoms with Crippen LogP contribution in [0.3, 0.4) is 0 Å². The molecule has 0 fully saturated rings. The lowest BCUT2D eigenvalue weighted by atomic mass is 10.1. The molecule has 1 aromatic carbocycles. The molecule has 2 heterocycles. The van der Waals surface area contributed by atoms with Crippen LogP contribution in [0, 0.1) is 0 Å². The number of carbonyl (C=O) groups excluding carboxylic acids is 1. The van der Waals surface area contributed by atoms with E-state index >= 15 is 0 Å². The number of amides is 1. The average Bonchev–Trinajstić information content (AvgIpc) is 3.09. The first-order valence-corrected chi connectivity index (χ1v) is 11.6. The number of anilines is 1. The lowest BCUT2D eigenvalue weighted by molar-refractivity contribution is -0.140. The van der Waals surface area contributed by atoms with Gasteiger partial charge in [-0.1, -0.05) is 25.6 Å². The average molecular weight is 491 g/mol. The summed E-state index contributed by atoms with van der Waals surface area (Å²) >= 11 is 2.78. The minimum absolute atomic E-state index is 0.0546. The van der Waals surface area contributed by atoms with Crippen molar-refractivity contribution in [1.82, 2.24) is 15.3 Å². The molecule has 0 radical (unpaired) electrons. The summed E-state index contributed by atoms with van der Waals surface area (Å²) in [5, 5.41) is 20.8. The zero-order chi connectivity index (χ0) is 24.3. The lowest BCUT2D eigenvalue weighted by Crippen LogP contribution is -2.41. The number of nitrogens with two attached hydrogens (primary N) is 1. The van der Waals surface area contributed by atoms with E-state index in [1.807, 2.05) is 13.8 Å². The van der Waals surface area contributed by atoms with Gasteiger partial charge in [0, 0.05) is 26.7 Å². The molecule has 1 atom stereocenters. The molecule has 1 unspecified atom stereocenters. The first-order chi connectivity index (χ1) is 15.6. The van der Waals surface area contributed by atoms with Gasteiger partial charge in [0.05, 0.1) is 5.39 Å². The third-order valence-electron chi connectivity index (χ3n) is 4.67. The fourth-order valence-corrected chi connectivity index (χ4v) is 5.59. The number of carbonyl (C=O) groups is 3. The number of hydrogen-bond donors (Lipinski definition) is 5. The number of nitrogens with zero attached hydrogens (tertiary/aromatic N) is 1. The van der Waals surface area contributed by atoms with E-state index in [0.29, 0.717) is 10.2 Å². The monoisotopic (exact) mass is 490 g/mol. The van der Waals surface area contributed by atoms with Gasteiger partial charge >= 0.3 is 11.9 Å². The van der Waals surface area contributed by atoms with E-state index in [-0.39, 0.29) is 35.8 Å². The predicted octanol–water partition coefficient (Wildman–Crippen LogP) is 2.89. The molecule has 0 aliphatic heterocycles. The van der Waals surface area contributed by atoms with E-state index < -0.39 is 23.9 Å². The summed E-state index contributed by atoms with van der Waals surface area (Å²) in [6.45, 7) is 4.03. The molecule has 0 saturated carbocycles. The second-order valence-electron chi connectivity index (χ2n) is 7.50. The molecule has 3 rings (SSSR count). The van der Waals surface area contributed by atoms with E-state index in [1.54, 1.807) is 12.1 Å². The fraction of sp³-hybridized carbons (Fsp3) is 0.286. The summed E-state index contributed by atoms with van der Waals surface area (Å²) in [5.74, 6) is -2.86. The third kappa shape index (κ3) is 5.71. The van der Waals surface area contributed by atoms with Gasteiger partial charge in [0.15, 0.2) is 0 Å². The largest absolute Gasteiger partial charge is 0.481 e. The number of thiophene rings is 1. The van der Waals surface area contributed by atoms with Gasteiger partial charge in [0.2, 0.25) is 5.95 Å². The van der Waals surface area contributed by atoms with E-state index in [0.717, 1.165) is 14.7 Å². The molecule has 0 spiro atoms. The van der Waals surface area contributed by atoms with Crippen LogP contribution in [0.4, 0.5) is 5.95 Å². The lowest BCUT2D eigenvalue weighted by Gasteiger charge is -2.13. The number of H-pyrrole nitrogens is 1. The first kappa shape index (κ1) is 24.3. The molecule has 6 N–H and O–H groups in total. The van der Waals surface area contributed by atoms with Crippen LogP contribution in [-0.2, 0) is 9.59 Å². The number of hydrogen-bond acceptors (Lipinski definition) is 8. The van der Waals surface area contributed by atoms with Gasteiger partial charge in [-0.05, 0) is 36.6 Å². The second kappa shape index (κ2) is 10.0.